The fraction of sp³-hybridized carbons (Fsp3) is 0.333. The maximum atomic E-state index is 4.26. The highest BCUT2D eigenvalue weighted by molar-refractivity contribution is 5.13. The van der Waals surface area contributed by atoms with Crippen molar-refractivity contribution in [3.8, 4) is 0 Å². The van der Waals surface area contributed by atoms with E-state index in [9.17, 15) is 0 Å². The molecule has 2 heterocycles. The van der Waals surface area contributed by atoms with Crippen LogP contribution in [0.2, 0.25) is 0 Å². The molecular weight excluding hydrogens is 200 g/mol. The third kappa shape index (κ3) is 2.67. The van der Waals surface area contributed by atoms with Gasteiger partial charge in [-0.25, -0.2) is 4.98 Å². The first-order chi connectivity index (χ1) is 7.75. The Morgan fingerprint density at radius 3 is 2.88 bits per heavy atom. The molecule has 4 nitrogen and oxygen atoms in total. The summed E-state index contributed by atoms with van der Waals surface area (Å²) in [5, 5.41) is 3.39. The molecule has 2 aromatic rings. The van der Waals surface area contributed by atoms with Crippen molar-refractivity contribution in [3.63, 3.8) is 0 Å². The highest BCUT2D eigenvalue weighted by Gasteiger charge is 2.06. The molecular formula is C12H16N4. The number of nitrogens with zero attached hydrogens (tertiary/aromatic N) is 2. The van der Waals surface area contributed by atoms with Crippen molar-refractivity contribution in [1.82, 2.24) is 20.3 Å². The summed E-state index contributed by atoms with van der Waals surface area (Å²) < 4.78 is 0. The Morgan fingerprint density at radius 2 is 2.25 bits per heavy atom. The number of pyridine rings is 1. The lowest BCUT2D eigenvalue weighted by atomic mass is 10.2. The van der Waals surface area contributed by atoms with E-state index in [0.29, 0.717) is 0 Å². The van der Waals surface area contributed by atoms with Gasteiger partial charge in [0.15, 0.2) is 0 Å². The average Bonchev–Trinajstić information content (AvgIpc) is 2.81. The van der Waals surface area contributed by atoms with E-state index in [1.54, 1.807) is 6.20 Å². The molecule has 0 radical (unpaired) electrons. The van der Waals surface area contributed by atoms with Crippen molar-refractivity contribution >= 4 is 0 Å². The minimum atomic E-state index is 0.219. The van der Waals surface area contributed by atoms with Gasteiger partial charge in [-0.05, 0) is 25.5 Å². The van der Waals surface area contributed by atoms with Gasteiger partial charge >= 0.3 is 0 Å². The molecule has 0 fully saturated rings. The summed E-state index contributed by atoms with van der Waals surface area (Å²) in [6, 6.07) is 4.33. The number of aryl methyl sites for hydroxylation is 1. The number of hydrogen-bond acceptors (Lipinski definition) is 3. The smallest absolute Gasteiger partial charge is 0.122 e. The fourth-order valence-electron chi connectivity index (χ4n) is 1.48. The highest BCUT2D eigenvalue weighted by Crippen LogP contribution is 2.07. The molecule has 0 spiro atoms. The van der Waals surface area contributed by atoms with Crippen molar-refractivity contribution in [3.05, 3.63) is 47.8 Å². The molecule has 2 rings (SSSR count). The van der Waals surface area contributed by atoms with Crippen LogP contribution in [0.15, 0.2) is 30.7 Å². The van der Waals surface area contributed by atoms with E-state index >= 15 is 0 Å². The second-order valence-electron chi connectivity index (χ2n) is 3.88. The Kier molecular flexibility index (Phi) is 3.31. The molecule has 0 aliphatic heterocycles. The first kappa shape index (κ1) is 10.8. The quantitative estimate of drug-likeness (QED) is 0.821. The van der Waals surface area contributed by atoms with Crippen LogP contribution in [0.3, 0.4) is 0 Å². The van der Waals surface area contributed by atoms with Crippen LogP contribution in [-0.2, 0) is 6.54 Å². The lowest BCUT2D eigenvalue weighted by molar-refractivity contribution is 0.550. The van der Waals surface area contributed by atoms with Gasteiger partial charge in [-0.2, -0.15) is 0 Å². The van der Waals surface area contributed by atoms with Crippen molar-refractivity contribution in [1.29, 1.82) is 0 Å². The zero-order chi connectivity index (χ0) is 11.4. The molecule has 0 aromatic carbocycles. The van der Waals surface area contributed by atoms with Crippen molar-refractivity contribution in [2.45, 2.75) is 26.4 Å². The predicted molar refractivity (Wildman–Crippen MR) is 62.8 cm³/mol. The molecule has 2 aromatic heterocycles. The molecule has 0 aliphatic rings. The number of rotatable bonds is 4. The molecule has 0 amide bonds. The average molecular weight is 216 g/mol. The zero-order valence-corrected chi connectivity index (χ0v) is 9.57. The highest BCUT2D eigenvalue weighted by atomic mass is 15.0. The van der Waals surface area contributed by atoms with Gasteiger partial charge < -0.3 is 10.3 Å². The fourth-order valence-corrected chi connectivity index (χ4v) is 1.48. The standard InChI is InChI=1S/C12H16N4/c1-9-3-4-11(7-15-9)8-16-10(2)12-13-5-6-14-12/h3-7,10,16H,8H2,1-2H3,(H,13,14). The van der Waals surface area contributed by atoms with E-state index in [4.69, 9.17) is 0 Å². The van der Waals surface area contributed by atoms with Crippen molar-refractivity contribution in [2.75, 3.05) is 0 Å². The van der Waals surface area contributed by atoms with E-state index in [-0.39, 0.29) is 6.04 Å². The summed E-state index contributed by atoms with van der Waals surface area (Å²) in [4.78, 5) is 11.6. The number of imidazole rings is 1. The number of H-pyrrole nitrogens is 1. The maximum Gasteiger partial charge on any atom is 0.122 e. The van der Waals surface area contributed by atoms with Crippen LogP contribution in [0.25, 0.3) is 0 Å². The van der Waals surface area contributed by atoms with Crippen LogP contribution in [0.1, 0.15) is 30.0 Å². The Labute approximate surface area is 95.1 Å². The SMILES string of the molecule is Cc1ccc(CNC(C)c2ncc[nH]2)cn1. The van der Waals surface area contributed by atoms with Crippen LogP contribution in [0.5, 0.6) is 0 Å². The minimum Gasteiger partial charge on any atom is -0.347 e. The summed E-state index contributed by atoms with van der Waals surface area (Å²) in [5.41, 5.74) is 2.23. The summed E-state index contributed by atoms with van der Waals surface area (Å²) in [6.45, 7) is 4.87. The van der Waals surface area contributed by atoms with E-state index in [2.05, 4.69) is 33.3 Å². The molecule has 0 saturated heterocycles. The van der Waals surface area contributed by atoms with Gasteiger partial charge in [0.2, 0.25) is 0 Å². The largest absolute Gasteiger partial charge is 0.347 e. The van der Waals surface area contributed by atoms with Crippen LogP contribution in [0.4, 0.5) is 0 Å². The monoisotopic (exact) mass is 216 g/mol. The van der Waals surface area contributed by atoms with Crippen LogP contribution >= 0.6 is 0 Å². The van der Waals surface area contributed by atoms with Gasteiger partial charge in [-0.3, -0.25) is 4.98 Å². The first-order valence-electron chi connectivity index (χ1n) is 5.40. The zero-order valence-electron chi connectivity index (χ0n) is 9.57. The maximum absolute atomic E-state index is 4.26. The third-order valence-electron chi connectivity index (χ3n) is 2.51. The van der Waals surface area contributed by atoms with Gasteiger partial charge in [0.25, 0.3) is 0 Å². The third-order valence-corrected chi connectivity index (χ3v) is 2.51. The lowest BCUT2D eigenvalue weighted by Gasteiger charge is -2.11. The molecule has 16 heavy (non-hydrogen) atoms. The summed E-state index contributed by atoms with van der Waals surface area (Å²) in [7, 11) is 0. The number of aromatic nitrogens is 3. The van der Waals surface area contributed by atoms with Crippen molar-refractivity contribution in [2.24, 2.45) is 0 Å². The minimum absolute atomic E-state index is 0.219. The molecule has 84 valence electrons. The topological polar surface area (TPSA) is 53.6 Å². The molecule has 0 saturated carbocycles. The number of hydrogen-bond donors (Lipinski definition) is 2. The summed E-state index contributed by atoms with van der Waals surface area (Å²) in [5.74, 6) is 0.958. The van der Waals surface area contributed by atoms with Gasteiger partial charge in [-0.1, -0.05) is 6.07 Å². The Balaban J connectivity index is 1.90. The van der Waals surface area contributed by atoms with Gasteiger partial charge in [0.05, 0.1) is 6.04 Å². The second kappa shape index (κ2) is 4.90. The van der Waals surface area contributed by atoms with Crippen LogP contribution in [-0.4, -0.2) is 15.0 Å². The summed E-state index contributed by atoms with van der Waals surface area (Å²) in [6.07, 6.45) is 5.50. The van der Waals surface area contributed by atoms with Crippen molar-refractivity contribution < 1.29 is 0 Å². The van der Waals surface area contributed by atoms with E-state index in [0.717, 1.165) is 18.1 Å². The Hall–Kier alpha value is -1.68. The van der Waals surface area contributed by atoms with Crippen LogP contribution < -0.4 is 5.32 Å². The first-order valence-corrected chi connectivity index (χ1v) is 5.40. The molecule has 0 aliphatic carbocycles. The molecule has 0 bridgehead atoms. The Morgan fingerprint density at radius 1 is 1.38 bits per heavy atom. The van der Waals surface area contributed by atoms with Gasteiger partial charge in [0.1, 0.15) is 5.82 Å². The number of nitrogens with one attached hydrogen (secondary N) is 2. The summed E-state index contributed by atoms with van der Waals surface area (Å²) >= 11 is 0. The molecule has 4 heteroatoms. The molecule has 2 N–H and O–H groups in total. The molecule has 1 atom stereocenters. The lowest BCUT2D eigenvalue weighted by Crippen LogP contribution is -2.19. The predicted octanol–water partition coefficient (Wildman–Crippen LogP) is 1.96. The van der Waals surface area contributed by atoms with E-state index in [1.807, 2.05) is 25.4 Å². The van der Waals surface area contributed by atoms with Crippen LogP contribution in [0, 0.1) is 6.92 Å². The number of aromatic amines is 1. The molecule has 1 unspecified atom stereocenters. The van der Waals surface area contributed by atoms with Gasteiger partial charge in [-0.15, -0.1) is 0 Å². The van der Waals surface area contributed by atoms with E-state index < -0.39 is 0 Å². The van der Waals surface area contributed by atoms with E-state index in [1.165, 1.54) is 5.56 Å². The second-order valence-corrected chi connectivity index (χ2v) is 3.88. The van der Waals surface area contributed by atoms with Gasteiger partial charge in [0, 0.05) is 30.8 Å². The normalized spacial score (nSPS) is 12.6. The Bertz CT molecular complexity index is 419.